The molecule has 1 aliphatic rings. The lowest BCUT2D eigenvalue weighted by Crippen LogP contribution is -2.32. The average Bonchev–Trinajstić information content (AvgIpc) is 2.99. The largest absolute Gasteiger partial charge is 0.350 e. The Hall–Kier alpha value is -3.47. The van der Waals surface area contributed by atoms with Crippen molar-refractivity contribution in [2.24, 2.45) is 0 Å². The van der Waals surface area contributed by atoms with Crippen molar-refractivity contribution in [3.8, 4) is 0 Å². The predicted molar refractivity (Wildman–Crippen MR) is 120 cm³/mol. The molecular weight excluding hydrogens is 477 g/mol. The molecule has 2 amide bonds. The Morgan fingerprint density at radius 3 is 2.12 bits per heavy atom. The van der Waals surface area contributed by atoms with Gasteiger partial charge in [0.25, 0.3) is 21.8 Å². The highest BCUT2D eigenvalue weighted by molar-refractivity contribution is 7.92. The number of benzene rings is 2. The lowest BCUT2D eigenvalue weighted by atomic mass is 10.3. The van der Waals surface area contributed by atoms with Gasteiger partial charge in [-0.1, -0.05) is 41.4 Å². The minimum absolute atomic E-state index is 0.00427. The number of nitrogens with one attached hydrogen (secondary N) is 2. The molecule has 1 aromatic heterocycles. The minimum Gasteiger partial charge on any atom is -0.350 e. The normalized spacial score (nSPS) is 14.1. The van der Waals surface area contributed by atoms with Gasteiger partial charge in [0, 0.05) is 5.69 Å². The SMILES string of the molecule is O=C1C(Cl)=C(Nc2ccc(S(=O)(=O)Nc3ccc(Cl)nn3)cc2)C(=O)N1c1ccccc1. The molecule has 4 rings (SSSR count). The Balaban J connectivity index is 1.52. The first kappa shape index (κ1) is 21.8. The number of sulfonamides is 1. The molecule has 0 saturated heterocycles. The quantitative estimate of drug-likeness (QED) is 0.509. The number of hydrogen-bond donors (Lipinski definition) is 2. The van der Waals surface area contributed by atoms with Crippen LogP contribution in [-0.2, 0) is 19.6 Å². The van der Waals surface area contributed by atoms with Crippen molar-refractivity contribution in [2.75, 3.05) is 14.9 Å². The number of rotatable bonds is 6. The van der Waals surface area contributed by atoms with Crippen molar-refractivity contribution in [1.82, 2.24) is 10.2 Å². The van der Waals surface area contributed by atoms with E-state index in [1.54, 1.807) is 30.3 Å². The molecule has 3 aromatic rings. The van der Waals surface area contributed by atoms with Crippen molar-refractivity contribution in [3.63, 3.8) is 0 Å². The van der Waals surface area contributed by atoms with E-state index in [9.17, 15) is 18.0 Å². The van der Waals surface area contributed by atoms with Crippen LogP contribution in [0.25, 0.3) is 0 Å². The molecule has 1 aliphatic heterocycles. The van der Waals surface area contributed by atoms with Crippen LogP contribution in [-0.4, -0.2) is 30.4 Å². The molecule has 0 radical (unpaired) electrons. The lowest BCUT2D eigenvalue weighted by Gasteiger charge is -2.15. The molecule has 32 heavy (non-hydrogen) atoms. The van der Waals surface area contributed by atoms with Gasteiger partial charge in [0.1, 0.15) is 10.7 Å². The van der Waals surface area contributed by atoms with Crippen molar-refractivity contribution in [1.29, 1.82) is 0 Å². The number of nitrogens with zero attached hydrogens (tertiary/aromatic N) is 3. The van der Waals surface area contributed by atoms with E-state index in [1.807, 2.05) is 0 Å². The Morgan fingerprint density at radius 2 is 1.50 bits per heavy atom. The van der Waals surface area contributed by atoms with Gasteiger partial charge < -0.3 is 5.32 Å². The van der Waals surface area contributed by atoms with E-state index in [0.717, 1.165) is 4.90 Å². The fourth-order valence-electron chi connectivity index (χ4n) is 2.85. The maximum Gasteiger partial charge on any atom is 0.283 e. The Labute approximate surface area is 192 Å². The number of hydrogen-bond acceptors (Lipinski definition) is 7. The van der Waals surface area contributed by atoms with Crippen LogP contribution in [0.1, 0.15) is 0 Å². The first-order valence-electron chi connectivity index (χ1n) is 8.99. The van der Waals surface area contributed by atoms with Gasteiger partial charge >= 0.3 is 0 Å². The van der Waals surface area contributed by atoms with Crippen molar-refractivity contribution in [3.05, 3.63) is 82.6 Å². The summed E-state index contributed by atoms with van der Waals surface area (Å²) in [6.45, 7) is 0. The Bertz CT molecular complexity index is 1330. The number of halogens is 2. The van der Waals surface area contributed by atoms with Crippen molar-refractivity contribution in [2.45, 2.75) is 4.90 Å². The molecule has 2 N–H and O–H groups in total. The fourth-order valence-corrected chi connectivity index (χ4v) is 4.16. The molecule has 0 spiro atoms. The zero-order valence-corrected chi connectivity index (χ0v) is 18.3. The van der Waals surface area contributed by atoms with Gasteiger partial charge in [0.05, 0.1) is 10.6 Å². The number of aromatic nitrogens is 2. The molecule has 0 atom stereocenters. The maximum atomic E-state index is 12.8. The molecule has 2 heterocycles. The first-order chi connectivity index (χ1) is 15.3. The summed E-state index contributed by atoms with van der Waals surface area (Å²) >= 11 is 11.7. The summed E-state index contributed by atoms with van der Waals surface area (Å²) in [5, 5.41) is 9.88. The van der Waals surface area contributed by atoms with Gasteiger partial charge in [-0.05, 0) is 48.5 Å². The van der Waals surface area contributed by atoms with E-state index in [4.69, 9.17) is 23.2 Å². The number of para-hydroxylation sites is 1. The predicted octanol–water partition coefficient (Wildman–Crippen LogP) is 3.37. The third-order valence-electron chi connectivity index (χ3n) is 4.35. The summed E-state index contributed by atoms with van der Waals surface area (Å²) in [6.07, 6.45) is 0. The van der Waals surface area contributed by atoms with E-state index in [0.29, 0.717) is 11.4 Å². The Kier molecular flexibility index (Phi) is 5.83. The van der Waals surface area contributed by atoms with Crippen LogP contribution < -0.4 is 14.9 Å². The summed E-state index contributed by atoms with van der Waals surface area (Å²) in [5.74, 6) is -1.27. The standard InChI is InChI=1S/C20H13Cl2N5O4S/c21-15-10-11-16(25-24-15)26-32(30,31)14-8-6-12(7-9-14)23-18-17(22)19(28)27(20(18)29)13-4-2-1-3-5-13/h1-11,23H,(H,25,26). The molecule has 0 unspecified atom stereocenters. The van der Waals surface area contributed by atoms with Gasteiger partial charge in [-0.25, -0.2) is 13.3 Å². The number of imide groups is 1. The molecule has 162 valence electrons. The fraction of sp³-hybridized carbons (Fsp3) is 0. The van der Waals surface area contributed by atoms with Crippen LogP contribution in [0.2, 0.25) is 5.15 Å². The Morgan fingerprint density at radius 1 is 0.812 bits per heavy atom. The van der Waals surface area contributed by atoms with Gasteiger partial charge in [0.2, 0.25) is 0 Å². The minimum atomic E-state index is -3.94. The second-order valence-corrected chi connectivity index (χ2v) is 8.91. The summed E-state index contributed by atoms with van der Waals surface area (Å²) in [5.41, 5.74) is 0.639. The van der Waals surface area contributed by atoms with E-state index >= 15 is 0 Å². The van der Waals surface area contributed by atoms with E-state index in [1.165, 1.54) is 36.4 Å². The average molecular weight is 490 g/mol. The molecule has 0 fully saturated rings. The van der Waals surface area contributed by atoms with Crippen LogP contribution in [0.15, 0.2) is 82.4 Å². The molecular formula is C20H13Cl2N5O4S. The summed E-state index contributed by atoms with van der Waals surface area (Å²) < 4.78 is 27.3. The van der Waals surface area contributed by atoms with Crippen LogP contribution in [0, 0.1) is 0 Å². The number of carbonyl (C=O) groups excluding carboxylic acids is 2. The maximum absolute atomic E-state index is 12.8. The van der Waals surface area contributed by atoms with Gasteiger partial charge in [-0.2, -0.15) is 0 Å². The van der Waals surface area contributed by atoms with Gasteiger partial charge in [-0.15, -0.1) is 10.2 Å². The van der Waals surface area contributed by atoms with Gasteiger partial charge in [-0.3, -0.25) is 14.3 Å². The molecule has 0 aliphatic carbocycles. The molecule has 9 nitrogen and oxygen atoms in total. The second kappa shape index (κ2) is 8.58. The highest BCUT2D eigenvalue weighted by Gasteiger charge is 2.38. The van der Waals surface area contributed by atoms with Crippen molar-refractivity contribution >= 4 is 62.2 Å². The summed E-state index contributed by atoms with van der Waals surface area (Å²) in [7, 11) is -3.94. The zero-order valence-electron chi connectivity index (χ0n) is 16.0. The number of amides is 2. The highest BCUT2D eigenvalue weighted by atomic mass is 35.5. The highest BCUT2D eigenvalue weighted by Crippen LogP contribution is 2.30. The van der Waals surface area contributed by atoms with Crippen LogP contribution in [0.3, 0.4) is 0 Å². The van der Waals surface area contributed by atoms with E-state index < -0.39 is 21.8 Å². The summed E-state index contributed by atoms with van der Waals surface area (Å²) in [6, 6.07) is 16.6. The van der Waals surface area contributed by atoms with Crippen LogP contribution >= 0.6 is 23.2 Å². The zero-order chi connectivity index (χ0) is 22.9. The number of anilines is 3. The molecule has 2 aromatic carbocycles. The summed E-state index contributed by atoms with van der Waals surface area (Å²) in [4.78, 5) is 26.1. The van der Waals surface area contributed by atoms with E-state index in [-0.39, 0.29) is 26.6 Å². The van der Waals surface area contributed by atoms with Crippen molar-refractivity contribution < 1.29 is 18.0 Å². The van der Waals surface area contributed by atoms with Crippen LogP contribution in [0.5, 0.6) is 0 Å². The molecule has 0 saturated carbocycles. The molecule has 0 bridgehead atoms. The first-order valence-corrected chi connectivity index (χ1v) is 11.2. The lowest BCUT2D eigenvalue weighted by molar-refractivity contribution is -0.120. The van der Waals surface area contributed by atoms with Crippen LogP contribution in [0.4, 0.5) is 17.2 Å². The topological polar surface area (TPSA) is 121 Å². The second-order valence-electron chi connectivity index (χ2n) is 6.47. The van der Waals surface area contributed by atoms with E-state index in [2.05, 4.69) is 20.2 Å². The third-order valence-corrected chi connectivity index (χ3v) is 6.27. The number of carbonyl (C=O) groups is 2. The van der Waals surface area contributed by atoms with Gasteiger partial charge in [0.15, 0.2) is 11.0 Å². The monoisotopic (exact) mass is 489 g/mol. The smallest absolute Gasteiger partial charge is 0.283 e. The molecule has 12 heteroatoms. The third kappa shape index (κ3) is 4.28.